The van der Waals surface area contributed by atoms with Crippen molar-refractivity contribution in [1.29, 1.82) is 0 Å². The van der Waals surface area contributed by atoms with Crippen LogP contribution in [0.4, 0.5) is 24.9 Å². The Hall–Kier alpha value is -4.35. The number of alkyl halides is 3. The molecule has 2 aromatic heterocycles. The van der Waals surface area contributed by atoms with E-state index in [0.29, 0.717) is 29.5 Å². The Labute approximate surface area is 274 Å². The van der Waals surface area contributed by atoms with Crippen LogP contribution in [-0.4, -0.2) is 122 Å². The quantitative estimate of drug-likeness (QED) is 0.186. The molecular formula is C32H38F3N7O6. The predicted octanol–water partition coefficient (Wildman–Crippen LogP) is 2.46. The molecule has 4 aromatic rings. The van der Waals surface area contributed by atoms with Crippen molar-refractivity contribution in [3.63, 3.8) is 0 Å². The molecule has 2 aliphatic rings. The number of anilines is 2. The molecule has 0 bridgehead atoms. The lowest BCUT2D eigenvalue weighted by atomic mass is 9.91. The summed E-state index contributed by atoms with van der Waals surface area (Å²) in [4.78, 5) is 27.9. The fourth-order valence-corrected chi connectivity index (χ4v) is 5.71. The van der Waals surface area contributed by atoms with Crippen LogP contribution in [0.1, 0.15) is 29.7 Å². The summed E-state index contributed by atoms with van der Waals surface area (Å²) >= 11 is 0. The lowest BCUT2D eigenvalue weighted by Crippen LogP contribution is -2.33. The summed E-state index contributed by atoms with van der Waals surface area (Å²) in [5.41, 5.74) is 3.40. The Morgan fingerprint density at radius 1 is 0.979 bits per heavy atom. The van der Waals surface area contributed by atoms with Crippen molar-refractivity contribution < 1.29 is 43.1 Å². The molecule has 0 amide bonds. The van der Waals surface area contributed by atoms with Crippen LogP contribution < -0.4 is 10.2 Å². The van der Waals surface area contributed by atoms with Gasteiger partial charge in [-0.3, -0.25) is 4.57 Å². The van der Waals surface area contributed by atoms with Crippen LogP contribution in [0.25, 0.3) is 11.2 Å². The summed E-state index contributed by atoms with van der Waals surface area (Å²) in [5.74, 6) is -1.53. The van der Waals surface area contributed by atoms with Crippen molar-refractivity contribution in [2.24, 2.45) is 0 Å². The number of hydrogen-bond acceptors (Lipinski definition) is 11. The number of ether oxygens (including phenoxy) is 1. The molecule has 0 spiro atoms. The van der Waals surface area contributed by atoms with E-state index in [9.17, 15) is 28.5 Å². The molecule has 13 nitrogen and oxygen atoms in total. The Balaban J connectivity index is 0.000000582. The highest BCUT2D eigenvalue weighted by atomic mass is 19.4. The van der Waals surface area contributed by atoms with Gasteiger partial charge in [0, 0.05) is 32.1 Å². The van der Waals surface area contributed by atoms with Crippen molar-refractivity contribution in [1.82, 2.24) is 24.4 Å². The van der Waals surface area contributed by atoms with E-state index in [2.05, 4.69) is 51.4 Å². The van der Waals surface area contributed by atoms with Crippen LogP contribution in [0.3, 0.4) is 0 Å². The van der Waals surface area contributed by atoms with E-state index in [4.69, 9.17) is 24.6 Å². The summed E-state index contributed by atoms with van der Waals surface area (Å²) in [6.07, 6.45) is -6.86. The topological polar surface area (TPSA) is 169 Å². The second kappa shape index (κ2) is 15.3. The second-order valence-electron chi connectivity index (χ2n) is 11.6. The van der Waals surface area contributed by atoms with Crippen LogP contribution in [-0.2, 0) is 9.53 Å². The number of aromatic nitrogens is 4. The number of likely N-dealkylation sites (N-methyl/N-ethyl adjacent to an activating group) is 1. The molecule has 258 valence electrons. The molecule has 2 saturated heterocycles. The fraction of sp³-hybridized carbons (Fsp3) is 0.438. The molecule has 6 rings (SSSR count). The summed E-state index contributed by atoms with van der Waals surface area (Å²) < 4.78 is 39.2. The molecule has 0 aliphatic carbocycles. The van der Waals surface area contributed by atoms with E-state index in [1.54, 1.807) is 10.9 Å². The first-order chi connectivity index (χ1) is 23.0. The highest BCUT2D eigenvalue weighted by Gasteiger charge is 2.44. The van der Waals surface area contributed by atoms with Crippen molar-refractivity contribution in [3.05, 3.63) is 78.1 Å². The Morgan fingerprint density at radius 2 is 1.60 bits per heavy atom. The van der Waals surface area contributed by atoms with Gasteiger partial charge < -0.3 is 40.3 Å². The van der Waals surface area contributed by atoms with Gasteiger partial charge in [0.1, 0.15) is 18.3 Å². The maximum atomic E-state index is 10.8. The summed E-state index contributed by atoms with van der Waals surface area (Å²) in [6, 6.07) is 20.7. The number of rotatable bonds is 8. The zero-order chi connectivity index (χ0) is 34.4. The third kappa shape index (κ3) is 8.02. The van der Waals surface area contributed by atoms with E-state index in [1.807, 2.05) is 36.4 Å². The summed E-state index contributed by atoms with van der Waals surface area (Å²) in [6.45, 7) is 3.65. The van der Waals surface area contributed by atoms with Crippen molar-refractivity contribution in [2.45, 2.75) is 43.1 Å². The number of hydrogen-bond donors (Lipinski definition) is 5. The maximum Gasteiger partial charge on any atom is 0.490 e. The average molecular weight is 674 g/mol. The molecule has 2 aliphatic heterocycles. The highest BCUT2D eigenvalue weighted by Crippen LogP contribution is 2.34. The minimum absolute atomic E-state index is 0.0697. The maximum absolute atomic E-state index is 10.8. The van der Waals surface area contributed by atoms with Crippen molar-refractivity contribution in [2.75, 3.05) is 56.6 Å². The van der Waals surface area contributed by atoms with Crippen molar-refractivity contribution in [3.8, 4) is 0 Å². The SMILES string of the molecule is CN1CCCN(c2nc(NCC(c3ccccc3)c3ccccc3)c3ncn([C@@H]4O[C@H](CO)[C@@H](O)[C@H]4O)c3n2)CC1.O=C(O)C(F)(F)F. The van der Waals surface area contributed by atoms with Crippen LogP contribution in [0.2, 0.25) is 0 Å². The number of halogens is 3. The number of aliphatic hydroxyl groups is 3. The molecule has 0 saturated carbocycles. The number of imidazole rings is 1. The standard InChI is InChI=1S/C30H37N7O4.C2HF3O2/c1-35-13-8-14-36(16-15-35)30-33-27(31-17-22(20-9-4-2-5-10-20)21-11-6-3-7-12-21)24-28(34-30)37(19-32-24)29-26(40)25(39)23(18-38)41-29;3-2(4,5)1(6)7/h2-7,9-12,19,22-23,25-26,29,38-40H,8,13-18H2,1H3,(H,31,33,34);(H,6,7)/t23-,25-,26-,29-;/m1./s1. The zero-order valence-corrected chi connectivity index (χ0v) is 26.1. The van der Waals surface area contributed by atoms with E-state index in [-0.39, 0.29) is 5.92 Å². The molecular weight excluding hydrogens is 635 g/mol. The third-order valence-corrected chi connectivity index (χ3v) is 8.32. The Bertz CT molecular complexity index is 1610. The van der Waals surface area contributed by atoms with Gasteiger partial charge in [-0.2, -0.15) is 23.1 Å². The first-order valence-electron chi connectivity index (χ1n) is 15.4. The number of nitrogens with one attached hydrogen (secondary N) is 1. The predicted molar refractivity (Wildman–Crippen MR) is 170 cm³/mol. The molecule has 5 N–H and O–H groups in total. The van der Waals surface area contributed by atoms with Gasteiger partial charge in [0.15, 0.2) is 23.2 Å². The van der Waals surface area contributed by atoms with Gasteiger partial charge in [-0.05, 0) is 31.1 Å². The second-order valence-corrected chi connectivity index (χ2v) is 11.6. The lowest BCUT2D eigenvalue weighted by molar-refractivity contribution is -0.192. The molecule has 16 heteroatoms. The molecule has 48 heavy (non-hydrogen) atoms. The molecule has 2 fully saturated rings. The number of aliphatic hydroxyl groups excluding tert-OH is 3. The van der Waals surface area contributed by atoms with Crippen molar-refractivity contribution >= 4 is 28.9 Å². The highest BCUT2D eigenvalue weighted by molar-refractivity contribution is 5.84. The average Bonchev–Trinajstić information content (AvgIpc) is 3.54. The smallest absolute Gasteiger partial charge is 0.475 e. The molecule has 2 aromatic carbocycles. The monoisotopic (exact) mass is 673 g/mol. The van der Waals surface area contributed by atoms with E-state index >= 15 is 0 Å². The van der Waals surface area contributed by atoms with E-state index in [0.717, 1.165) is 32.6 Å². The summed E-state index contributed by atoms with van der Waals surface area (Å²) in [7, 11) is 2.12. The molecule has 4 heterocycles. The zero-order valence-electron chi connectivity index (χ0n) is 26.1. The minimum Gasteiger partial charge on any atom is -0.475 e. The van der Waals surface area contributed by atoms with Gasteiger partial charge >= 0.3 is 12.1 Å². The number of benzene rings is 2. The van der Waals surface area contributed by atoms with E-state index < -0.39 is 43.3 Å². The van der Waals surface area contributed by atoms with Gasteiger partial charge in [0.2, 0.25) is 5.95 Å². The Kier molecular flexibility index (Phi) is 11.1. The van der Waals surface area contributed by atoms with Gasteiger partial charge in [0.25, 0.3) is 0 Å². The first kappa shape index (κ1) is 35.0. The van der Waals surface area contributed by atoms with Crippen LogP contribution >= 0.6 is 0 Å². The van der Waals surface area contributed by atoms with Gasteiger partial charge in [-0.15, -0.1) is 0 Å². The number of carboxylic acids is 1. The normalized spacial score (nSPS) is 22.0. The Morgan fingerprint density at radius 3 is 2.17 bits per heavy atom. The third-order valence-electron chi connectivity index (χ3n) is 8.32. The van der Waals surface area contributed by atoms with Gasteiger partial charge in [-0.25, -0.2) is 9.78 Å². The minimum atomic E-state index is -5.08. The largest absolute Gasteiger partial charge is 0.490 e. The molecule has 4 atom stereocenters. The number of fused-ring (bicyclic) bond motifs is 1. The number of carbonyl (C=O) groups is 1. The van der Waals surface area contributed by atoms with Crippen LogP contribution in [0.5, 0.6) is 0 Å². The number of aliphatic carboxylic acids is 1. The first-order valence-corrected chi connectivity index (χ1v) is 15.4. The summed E-state index contributed by atoms with van der Waals surface area (Å²) in [5, 5.41) is 41.5. The lowest BCUT2D eigenvalue weighted by Gasteiger charge is -2.23. The van der Waals surface area contributed by atoms with Crippen LogP contribution in [0, 0.1) is 0 Å². The number of nitrogens with zero attached hydrogens (tertiary/aromatic N) is 6. The fourth-order valence-electron chi connectivity index (χ4n) is 5.71. The molecule has 0 radical (unpaired) electrons. The number of carboxylic acid groups (broad SMARTS) is 1. The molecule has 0 unspecified atom stereocenters. The van der Waals surface area contributed by atoms with E-state index in [1.165, 1.54) is 11.1 Å². The van der Waals surface area contributed by atoms with Crippen LogP contribution in [0.15, 0.2) is 67.0 Å². The van der Waals surface area contributed by atoms with Gasteiger partial charge in [-0.1, -0.05) is 60.7 Å². The van der Waals surface area contributed by atoms with Gasteiger partial charge in [0.05, 0.1) is 12.9 Å².